The van der Waals surface area contributed by atoms with Gasteiger partial charge in [-0.25, -0.2) is 4.79 Å². The summed E-state index contributed by atoms with van der Waals surface area (Å²) in [6, 6.07) is 10.5. The number of benzene rings is 2. The van der Waals surface area contributed by atoms with Crippen LogP contribution in [0.15, 0.2) is 36.4 Å². The Labute approximate surface area is 138 Å². The highest BCUT2D eigenvalue weighted by Gasteiger charge is 2.37. The minimum atomic E-state index is -0.650. The Hall–Kier alpha value is -2.89. The first-order valence-electron chi connectivity index (χ1n) is 8.04. The molecule has 2 aromatic carbocycles. The van der Waals surface area contributed by atoms with Crippen LogP contribution in [0.5, 0.6) is 0 Å². The third-order valence-corrected chi connectivity index (χ3v) is 4.52. The molecule has 4 rings (SSSR count). The number of piperidine rings is 1. The van der Waals surface area contributed by atoms with Crippen molar-refractivity contribution in [3.8, 4) is 0 Å². The molecule has 3 amide bonds. The van der Waals surface area contributed by atoms with Gasteiger partial charge in [-0.2, -0.15) is 0 Å². The lowest BCUT2D eigenvalue weighted by Gasteiger charge is -2.30. The Morgan fingerprint density at radius 1 is 0.875 bits per heavy atom. The fourth-order valence-corrected chi connectivity index (χ4v) is 3.30. The molecule has 6 nitrogen and oxygen atoms in total. The second kappa shape index (κ2) is 5.63. The van der Waals surface area contributed by atoms with Gasteiger partial charge in [-0.3, -0.25) is 9.59 Å². The van der Waals surface area contributed by atoms with E-state index in [2.05, 4.69) is 0 Å². The summed E-state index contributed by atoms with van der Waals surface area (Å²) in [7, 11) is 0. The monoisotopic (exact) mass is 324 g/mol. The van der Waals surface area contributed by atoms with Gasteiger partial charge in [0, 0.05) is 18.5 Å². The second-order valence-electron chi connectivity index (χ2n) is 6.02. The fraction of sp³-hybridized carbons (Fsp3) is 0.278. The van der Waals surface area contributed by atoms with E-state index in [-0.39, 0.29) is 0 Å². The first-order chi connectivity index (χ1) is 11.7. The molecule has 1 saturated heterocycles. The number of likely N-dealkylation sites (tertiary alicyclic amines) is 1. The van der Waals surface area contributed by atoms with Crippen LogP contribution in [0.25, 0.3) is 10.8 Å². The molecule has 0 bridgehead atoms. The molecular weight excluding hydrogens is 308 g/mol. The summed E-state index contributed by atoms with van der Waals surface area (Å²) < 4.78 is 0. The highest BCUT2D eigenvalue weighted by atomic mass is 16.7. The number of amides is 3. The number of hydroxylamine groups is 2. The van der Waals surface area contributed by atoms with Crippen molar-refractivity contribution in [2.75, 3.05) is 13.1 Å². The smallest absolute Gasteiger partial charge is 0.310 e. The van der Waals surface area contributed by atoms with Gasteiger partial charge in [0.15, 0.2) is 0 Å². The van der Waals surface area contributed by atoms with Gasteiger partial charge < -0.3 is 9.74 Å². The van der Waals surface area contributed by atoms with Gasteiger partial charge in [-0.1, -0.05) is 29.3 Å². The molecule has 0 unspecified atom stereocenters. The first kappa shape index (κ1) is 14.7. The maximum atomic E-state index is 12.6. The van der Waals surface area contributed by atoms with Gasteiger partial charge in [0.2, 0.25) is 0 Å². The standard InChI is InChI=1S/C18H16N2O4/c21-16-13-8-4-6-12-7-5-9-14(15(12)13)17(22)20(16)24-18(23)19-10-2-1-3-11-19/h4-9H,1-3,10-11H2. The lowest BCUT2D eigenvalue weighted by Crippen LogP contribution is -2.46. The summed E-state index contributed by atoms with van der Waals surface area (Å²) in [6.07, 6.45) is 2.22. The minimum Gasteiger partial charge on any atom is -0.310 e. The van der Waals surface area contributed by atoms with Crippen LogP contribution in [-0.2, 0) is 4.84 Å². The Morgan fingerprint density at radius 2 is 1.46 bits per heavy atom. The van der Waals surface area contributed by atoms with E-state index < -0.39 is 17.9 Å². The van der Waals surface area contributed by atoms with Crippen LogP contribution in [0.3, 0.4) is 0 Å². The summed E-state index contributed by atoms with van der Waals surface area (Å²) in [6.45, 7) is 1.17. The number of carbonyl (C=O) groups excluding carboxylic acids is 3. The van der Waals surface area contributed by atoms with Crippen molar-refractivity contribution in [3.63, 3.8) is 0 Å². The highest BCUT2D eigenvalue weighted by Crippen LogP contribution is 2.30. The third-order valence-electron chi connectivity index (χ3n) is 4.52. The van der Waals surface area contributed by atoms with Crippen molar-refractivity contribution < 1.29 is 19.2 Å². The zero-order chi connectivity index (χ0) is 16.7. The van der Waals surface area contributed by atoms with Crippen LogP contribution in [-0.4, -0.2) is 41.0 Å². The lowest BCUT2D eigenvalue weighted by molar-refractivity contribution is -0.0623. The largest absolute Gasteiger partial charge is 0.434 e. The van der Waals surface area contributed by atoms with E-state index in [0.29, 0.717) is 34.7 Å². The summed E-state index contributed by atoms with van der Waals surface area (Å²) in [5.74, 6) is -1.20. The summed E-state index contributed by atoms with van der Waals surface area (Å²) in [4.78, 5) is 44.2. The number of hydrogen-bond donors (Lipinski definition) is 0. The SMILES string of the molecule is O=C(ON1C(=O)c2cccc3cccc(c23)C1=O)N1CCCCC1. The first-order valence-corrected chi connectivity index (χ1v) is 8.04. The topological polar surface area (TPSA) is 66.9 Å². The van der Waals surface area contributed by atoms with Crippen molar-refractivity contribution >= 4 is 28.7 Å². The zero-order valence-electron chi connectivity index (χ0n) is 13.0. The quantitative estimate of drug-likeness (QED) is 0.756. The molecular formula is C18H16N2O4. The molecule has 2 aliphatic heterocycles. The predicted octanol–water partition coefficient (Wildman–Crippen LogP) is 2.97. The van der Waals surface area contributed by atoms with E-state index in [0.717, 1.165) is 24.6 Å². The minimum absolute atomic E-state index is 0.370. The molecule has 122 valence electrons. The summed E-state index contributed by atoms with van der Waals surface area (Å²) in [5.41, 5.74) is 0.739. The molecule has 0 saturated carbocycles. The molecule has 24 heavy (non-hydrogen) atoms. The fourth-order valence-electron chi connectivity index (χ4n) is 3.30. The predicted molar refractivity (Wildman–Crippen MR) is 86.4 cm³/mol. The van der Waals surface area contributed by atoms with Gasteiger partial charge in [0.25, 0.3) is 11.8 Å². The van der Waals surface area contributed by atoms with E-state index in [1.165, 1.54) is 4.90 Å². The summed E-state index contributed by atoms with van der Waals surface area (Å²) in [5, 5.41) is 2.02. The molecule has 2 aliphatic rings. The molecule has 0 N–H and O–H groups in total. The maximum Gasteiger partial charge on any atom is 0.434 e. The van der Waals surface area contributed by atoms with E-state index in [1.807, 2.05) is 12.1 Å². The van der Waals surface area contributed by atoms with Gasteiger partial charge in [-0.05, 0) is 36.8 Å². The van der Waals surface area contributed by atoms with Crippen molar-refractivity contribution in [3.05, 3.63) is 47.5 Å². The van der Waals surface area contributed by atoms with Crippen LogP contribution in [0.4, 0.5) is 4.79 Å². The van der Waals surface area contributed by atoms with Crippen molar-refractivity contribution in [2.45, 2.75) is 19.3 Å². The highest BCUT2D eigenvalue weighted by molar-refractivity contribution is 6.25. The van der Waals surface area contributed by atoms with Crippen LogP contribution in [0.2, 0.25) is 0 Å². The Kier molecular flexibility index (Phi) is 3.45. The average molecular weight is 324 g/mol. The third kappa shape index (κ3) is 2.22. The molecule has 0 aromatic heterocycles. The Bertz CT molecular complexity index is 804. The molecule has 1 fully saturated rings. The Balaban J connectivity index is 1.68. The normalized spacial score (nSPS) is 17.3. The molecule has 0 spiro atoms. The molecule has 6 heteroatoms. The van der Waals surface area contributed by atoms with Crippen molar-refractivity contribution in [2.24, 2.45) is 0 Å². The van der Waals surface area contributed by atoms with Gasteiger partial charge in [0.1, 0.15) is 0 Å². The van der Waals surface area contributed by atoms with Crippen LogP contribution in [0.1, 0.15) is 40.0 Å². The van der Waals surface area contributed by atoms with E-state index >= 15 is 0 Å². The van der Waals surface area contributed by atoms with Crippen molar-refractivity contribution in [1.82, 2.24) is 9.96 Å². The van der Waals surface area contributed by atoms with Gasteiger partial charge in [0.05, 0.1) is 11.1 Å². The average Bonchev–Trinajstić information content (AvgIpc) is 2.63. The number of imide groups is 1. The second-order valence-corrected chi connectivity index (χ2v) is 6.02. The number of carbonyl (C=O) groups is 3. The molecule has 0 aliphatic carbocycles. The number of hydrogen-bond acceptors (Lipinski definition) is 4. The van der Waals surface area contributed by atoms with E-state index in [1.54, 1.807) is 24.3 Å². The summed E-state index contributed by atoms with van der Waals surface area (Å²) >= 11 is 0. The number of nitrogens with zero attached hydrogens (tertiary/aromatic N) is 2. The van der Waals surface area contributed by atoms with Crippen LogP contribution >= 0.6 is 0 Å². The van der Waals surface area contributed by atoms with E-state index in [4.69, 9.17) is 4.84 Å². The molecule has 2 aromatic rings. The molecule has 2 heterocycles. The van der Waals surface area contributed by atoms with E-state index in [9.17, 15) is 14.4 Å². The number of rotatable bonds is 1. The Morgan fingerprint density at radius 3 is 2.04 bits per heavy atom. The van der Waals surface area contributed by atoms with Crippen LogP contribution < -0.4 is 0 Å². The van der Waals surface area contributed by atoms with Gasteiger partial charge in [-0.15, -0.1) is 0 Å². The molecule has 0 radical (unpaired) electrons. The van der Waals surface area contributed by atoms with Crippen LogP contribution in [0, 0.1) is 0 Å². The molecule has 0 atom stereocenters. The van der Waals surface area contributed by atoms with Gasteiger partial charge >= 0.3 is 6.09 Å². The van der Waals surface area contributed by atoms with Crippen molar-refractivity contribution in [1.29, 1.82) is 0 Å². The maximum absolute atomic E-state index is 12.6. The lowest BCUT2D eigenvalue weighted by atomic mass is 9.95. The zero-order valence-corrected chi connectivity index (χ0v) is 13.0.